The van der Waals surface area contributed by atoms with Gasteiger partial charge in [-0.05, 0) is 30.4 Å². The summed E-state index contributed by atoms with van der Waals surface area (Å²) in [6, 6.07) is 4.69. The lowest BCUT2D eigenvalue weighted by molar-refractivity contribution is 0.351. The molecule has 1 fully saturated rings. The molecule has 2 rings (SSSR count). The predicted molar refractivity (Wildman–Crippen MR) is 84.2 cm³/mol. The summed E-state index contributed by atoms with van der Waals surface area (Å²) in [6.07, 6.45) is 13.5. The number of nitrogens with zero attached hydrogens (tertiary/aromatic N) is 1. The van der Waals surface area contributed by atoms with Crippen LogP contribution in [0.25, 0.3) is 0 Å². The number of nitrogens with one attached hydrogen (secondary N) is 1. The average Bonchev–Trinajstić information content (AvgIpc) is 2.76. The van der Waals surface area contributed by atoms with E-state index >= 15 is 0 Å². The zero-order valence-electron chi connectivity index (χ0n) is 12.8. The minimum absolute atomic E-state index is 0.359. The fourth-order valence-corrected chi connectivity index (χ4v) is 3.25. The summed E-state index contributed by atoms with van der Waals surface area (Å²) in [6.45, 7) is 2.16. The van der Waals surface area contributed by atoms with Gasteiger partial charge >= 0.3 is 0 Å². The first kappa shape index (κ1) is 15.5. The SMILES string of the molecule is CCc1ccc(CC(CC2CCCCCC2)NN)nc1. The highest BCUT2D eigenvalue weighted by atomic mass is 15.2. The summed E-state index contributed by atoms with van der Waals surface area (Å²) in [5.41, 5.74) is 5.46. The molecule has 0 bridgehead atoms. The van der Waals surface area contributed by atoms with Gasteiger partial charge in [-0.1, -0.05) is 51.5 Å². The van der Waals surface area contributed by atoms with Gasteiger partial charge in [0.2, 0.25) is 0 Å². The number of aryl methyl sites for hydroxylation is 1. The van der Waals surface area contributed by atoms with Gasteiger partial charge in [0.15, 0.2) is 0 Å². The van der Waals surface area contributed by atoms with Crippen LogP contribution in [0.2, 0.25) is 0 Å². The maximum atomic E-state index is 5.76. The molecular weight excluding hydrogens is 246 g/mol. The quantitative estimate of drug-likeness (QED) is 0.475. The Hall–Kier alpha value is -0.930. The molecule has 1 aromatic heterocycles. The second-order valence-corrected chi connectivity index (χ2v) is 6.17. The summed E-state index contributed by atoms with van der Waals surface area (Å²) >= 11 is 0. The molecule has 3 heteroatoms. The summed E-state index contributed by atoms with van der Waals surface area (Å²) in [4.78, 5) is 4.55. The fourth-order valence-electron chi connectivity index (χ4n) is 3.25. The summed E-state index contributed by atoms with van der Waals surface area (Å²) < 4.78 is 0. The standard InChI is InChI=1S/C17H29N3/c1-2-14-9-10-16(19-13-14)12-17(20-18)11-15-7-5-3-4-6-8-15/h9-10,13,15,17,20H,2-8,11-12,18H2,1H3. The van der Waals surface area contributed by atoms with Crippen LogP contribution in [0, 0.1) is 5.92 Å². The predicted octanol–water partition coefficient (Wildman–Crippen LogP) is 3.38. The third-order valence-electron chi connectivity index (χ3n) is 4.58. The molecule has 1 aromatic rings. The molecule has 1 aliphatic rings. The molecule has 1 atom stereocenters. The number of aromatic nitrogens is 1. The van der Waals surface area contributed by atoms with E-state index in [-0.39, 0.29) is 0 Å². The number of hydrogen-bond donors (Lipinski definition) is 2. The van der Waals surface area contributed by atoms with Gasteiger partial charge in [0.1, 0.15) is 0 Å². The van der Waals surface area contributed by atoms with Crippen molar-refractivity contribution in [1.82, 2.24) is 10.4 Å². The highest BCUT2D eigenvalue weighted by Crippen LogP contribution is 2.27. The molecule has 0 aliphatic heterocycles. The Balaban J connectivity index is 1.86. The van der Waals surface area contributed by atoms with Gasteiger partial charge in [-0.15, -0.1) is 0 Å². The molecule has 0 aromatic carbocycles. The van der Waals surface area contributed by atoms with Crippen LogP contribution in [0.4, 0.5) is 0 Å². The lowest BCUT2D eigenvalue weighted by Gasteiger charge is -2.21. The molecule has 1 unspecified atom stereocenters. The molecule has 1 heterocycles. The van der Waals surface area contributed by atoms with Crippen molar-refractivity contribution in [1.29, 1.82) is 0 Å². The van der Waals surface area contributed by atoms with Crippen LogP contribution in [0.1, 0.15) is 63.1 Å². The Labute approximate surface area is 123 Å². The highest BCUT2D eigenvalue weighted by Gasteiger charge is 2.18. The zero-order chi connectivity index (χ0) is 14.2. The molecule has 0 spiro atoms. The van der Waals surface area contributed by atoms with Crippen molar-refractivity contribution in [3.63, 3.8) is 0 Å². The largest absolute Gasteiger partial charge is 0.271 e. The summed E-state index contributed by atoms with van der Waals surface area (Å²) in [5, 5.41) is 0. The Bertz CT molecular complexity index is 366. The number of hydrogen-bond acceptors (Lipinski definition) is 3. The zero-order valence-corrected chi connectivity index (χ0v) is 12.8. The Morgan fingerprint density at radius 1 is 1.25 bits per heavy atom. The van der Waals surface area contributed by atoms with Crippen LogP contribution in [0.3, 0.4) is 0 Å². The van der Waals surface area contributed by atoms with Gasteiger partial charge in [-0.2, -0.15) is 0 Å². The molecule has 0 amide bonds. The summed E-state index contributed by atoms with van der Waals surface area (Å²) in [5.74, 6) is 6.60. The number of hydrazine groups is 1. The number of pyridine rings is 1. The van der Waals surface area contributed by atoms with E-state index in [1.807, 2.05) is 6.20 Å². The molecular formula is C17H29N3. The van der Waals surface area contributed by atoms with E-state index < -0.39 is 0 Å². The van der Waals surface area contributed by atoms with E-state index in [9.17, 15) is 0 Å². The van der Waals surface area contributed by atoms with E-state index in [1.165, 1.54) is 50.5 Å². The van der Waals surface area contributed by atoms with Gasteiger partial charge in [-0.3, -0.25) is 16.3 Å². The van der Waals surface area contributed by atoms with E-state index in [0.29, 0.717) is 6.04 Å². The highest BCUT2D eigenvalue weighted by molar-refractivity contribution is 5.14. The first-order valence-electron chi connectivity index (χ1n) is 8.21. The first-order chi connectivity index (χ1) is 9.81. The van der Waals surface area contributed by atoms with Crippen molar-refractivity contribution >= 4 is 0 Å². The van der Waals surface area contributed by atoms with Gasteiger partial charge < -0.3 is 0 Å². The van der Waals surface area contributed by atoms with Crippen LogP contribution in [0.5, 0.6) is 0 Å². The number of nitrogens with two attached hydrogens (primary N) is 1. The first-order valence-corrected chi connectivity index (χ1v) is 8.21. The van der Waals surface area contributed by atoms with Crippen LogP contribution >= 0.6 is 0 Å². The monoisotopic (exact) mass is 275 g/mol. The van der Waals surface area contributed by atoms with Gasteiger partial charge in [0, 0.05) is 24.4 Å². The molecule has 1 saturated carbocycles. The minimum Gasteiger partial charge on any atom is -0.271 e. The van der Waals surface area contributed by atoms with Crippen LogP contribution in [-0.4, -0.2) is 11.0 Å². The molecule has 0 radical (unpaired) electrons. The van der Waals surface area contributed by atoms with Crippen molar-refractivity contribution in [3.05, 3.63) is 29.6 Å². The molecule has 3 N–H and O–H groups in total. The van der Waals surface area contributed by atoms with Gasteiger partial charge in [0.05, 0.1) is 0 Å². The normalized spacial score (nSPS) is 18.7. The fraction of sp³-hybridized carbons (Fsp3) is 0.706. The maximum Gasteiger partial charge on any atom is 0.0419 e. The topological polar surface area (TPSA) is 50.9 Å². The van der Waals surface area contributed by atoms with E-state index in [1.54, 1.807) is 0 Å². The second-order valence-electron chi connectivity index (χ2n) is 6.17. The van der Waals surface area contributed by atoms with Gasteiger partial charge in [0.25, 0.3) is 0 Å². The van der Waals surface area contributed by atoms with Crippen molar-refractivity contribution < 1.29 is 0 Å². The van der Waals surface area contributed by atoms with Crippen LogP contribution in [0.15, 0.2) is 18.3 Å². The minimum atomic E-state index is 0.359. The number of rotatable bonds is 6. The smallest absolute Gasteiger partial charge is 0.0419 e. The molecule has 20 heavy (non-hydrogen) atoms. The lowest BCUT2D eigenvalue weighted by atomic mass is 9.91. The van der Waals surface area contributed by atoms with E-state index in [0.717, 1.165) is 24.5 Å². The third-order valence-corrected chi connectivity index (χ3v) is 4.58. The van der Waals surface area contributed by atoms with Gasteiger partial charge in [-0.25, -0.2) is 0 Å². The van der Waals surface area contributed by atoms with Crippen molar-refractivity contribution in [2.75, 3.05) is 0 Å². The molecule has 3 nitrogen and oxygen atoms in total. The van der Waals surface area contributed by atoms with Crippen LogP contribution < -0.4 is 11.3 Å². The van der Waals surface area contributed by atoms with E-state index in [2.05, 4.69) is 29.5 Å². The second kappa shape index (κ2) is 8.38. The Morgan fingerprint density at radius 3 is 2.55 bits per heavy atom. The maximum absolute atomic E-state index is 5.76. The van der Waals surface area contributed by atoms with Crippen molar-refractivity contribution in [3.8, 4) is 0 Å². The van der Waals surface area contributed by atoms with Crippen molar-refractivity contribution in [2.24, 2.45) is 11.8 Å². The third kappa shape index (κ3) is 4.88. The lowest BCUT2D eigenvalue weighted by Crippen LogP contribution is -2.38. The van der Waals surface area contributed by atoms with Crippen molar-refractivity contribution in [2.45, 2.75) is 70.8 Å². The summed E-state index contributed by atoms with van der Waals surface area (Å²) in [7, 11) is 0. The van der Waals surface area contributed by atoms with Crippen LogP contribution in [-0.2, 0) is 12.8 Å². The Morgan fingerprint density at radius 2 is 2.00 bits per heavy atom. The molecule has 1 aliphatic carbocycles. The molecule has 112 valence electrons. The Kier molecular flexibility index (Phi) is 6.48. The molecule has 0 saturated heterocycles. The average molecular weight is 275 g/mol. The van der Waals surface area contributed by atoms with E-state index in [4.69, 9.17) is 5.84 Å².